The molecule has 0 spiro atoms. The number of hydrogen-bond acceptors (Lipinski definition) is 2. The molecule has 0 amide bonds. The summed E-state index contributed by atoms with van der Waals surface area (Å²) in [6.45, 7) is 2.26. The predicted molar refractivity (Wildman–Crippen MR) is 44.4 cm³/mol. The van der Waals surface area contributed by atoms with E-state index in [0.29, 0.717) is 6.42 Å². The molecule has 1 N–H and O–H groups in total. The second-order valence-electron chi connectivity index (χ2n) is 2.45. The second-order valence-corrected chi connectivity index (χ2v) is 2.45. The van der Waals surface area contributed by atoms with E-state index >= 15 is 0 Å². The van der Waals surface area contributed by atoms with E-state index < -0.39 is 0 Å². The van der Waals surface area contributed by atoms with Crippen LogP contribution in [0, 0.1) is 0 Å². The van der Waals surface area contributed by atoms with Gasteiger partial charge in [-0.3, -0.25) is 4.98 Å². The quantitative estimate of drug-likeness (QED) is 0.703. The summed E-state index contributed by atoms with van der Waals surface area (Å²) in [4.78, 5) is 4.32. The Labute approximate surface area is 66.9 Å². The lowest BCUT2D eigenvalue weighted by molar-refractivity contribution is 0.298. The first kappa shape index (κ1) is 8.21. The van der Waals surface area contributed by atoms with Crippen molar-refractivity contribution in [3.63, 3.8) is 0 Å². The van der Waals surface area contributed by atoms with E-state index in [0.717, 1.165) is 17.8 Å². The SMILES string of the molecule is CCc1cccc(CCO)n1. The van der Waals surface area contributed by atoms with Crippen LogP contribution in [0.4, 0.5) is 0 Å². The van der Waals surface area contributed by atoms with Gasteiger partial charge in [-0.15, -0.1) is 0 Å². The zero-order chi connectivity index (χ0) is 8.10. The van der Waals surface area contributed by atoms with Crippen molar-refractivity contribution in [1.29, 1.82) is 0 Å². The third-order valence-corrected chi connectivity index (χ3v) is 1.59. The standard InChI is InChI=1S/C9H13NO/c1-2-8-4-3-5-9(10-8)6-7-11/h3-5,11H,2,6-7H2,1H3. The molecule has 1 rings (SSSR count). The van der Waals surface area contributed by atoms with Crippen molar-refractivity contribution in [2.75, 3.05) is 6.61 Å². The lowest BCUT2D eigenvalue weighted by Gasteiger charge is -1.99. The normalized spacial score (nSPS) is 10.0. The van der Waals surface area contributed by atoms with Gasteiger partial charge in [0.25, 0.3) is 0 Å². The molecule has 1 aromatic rings. The molecule has 0 unspecified atom stereocenters. The van der Waals surface area contributed by atoms with Crippen molar-refractivity contribution >= 4 is 0 Å². The third kappa shape index (κ3) is 2.31. The van der Waals surface area contributed by atoms with E-state index in [4.69, 9.17) is 5.11 Å². The van der Waals surface area contributed by atoms with Gasteiger partial charge in [-0.1, -0.05) is 13.0 Å². The van der Waals surface area contributed by atoms with Gasteiger partial charge >= 0.3 is 0 Å². The monoisotopic (exact) mass is 151 g/mol. The summed E-state index contributed by atoms with van der Waals surface area (Å²) in [5, 5.41) is 8.64. The van der Waals surface area contributed by atoms with Gasteiger partial charge < -0.3 is 5.11 Å². The van der Waals surface area contributed by atoms with Crippen molar-refractivity contribution in [3.8, 4) is 0 Å². The maximum absolute atomic E-state index is 8.64. The number of nitrogens with zero attached hydrogens (tertiary/aromatic N) is 1. The first-order valence-corrected chi connectivity index (χ1v) is 3.92. The summed E-state index contributed by atoms with van der Waals surface area (Å²) in [6.07, 6.45) is 1.62. The minimum Gasteiger partial charge on any atom is -0.396 e. The van der Waals surface area contributed by atoms with E-state index in [1.54, 1.807) is 0 Å². The molecule has 0 atom stereocenters. The van der Waals surface area contributed by atoms with Gasteiger partial charge in [-0.25, -0.2) is 0 Å². The van der Waals surface area contributed by atoms with Crippen LogP contribution in [0.15, 0.2) is 18.2 Å². The van der Waals surface area contributed by atoms with Crippen LogP contribution in [-0.2, 0) is 12.8 Å². The molecule has 11 heavy (non-hydrogen) atoms. The molecular formula is C9H13NO. The number of aromatic nitrogens is 1. The van der Waals surface area contributed by atoms with Crippen molar-refractivity contribution in [3.05, 3.63) is 29.6 Å². The van der Waals surface area contributed by atoms with Crippen LogP contribution >= 0.6 is 0 Å². The van der Waals surface area contributed by atoms with Gasteiger partial charge in [-0.05, 0) is 18.6 Å². The molecule has 1 aromatic heterocycles. The molecule has 0 bridgehead atoms. The Bertz CT molecular complexity index is 223. The van der Waals surface area contributed by atoms with Crippen LogP contribution in [0.3, 0.4) is 0 Å². The van der Waals surface area contributed by atoms with Gasteiger partial charge in [-0.2, -0.15) is 0 Å². The molecule has 0 saturated carbocycles. The molecule has 0 aromatic carbocycles. The smallest absolute Gasteiger partial charge is 0.0486 e. The number of rotatable bonds is 3. The number of hydrogen-bond donors (Lipinski definition) is 1. The fraction of sp³-hybridized carbons (Fsp3) is 0.444. The lowest BCUT2D eigenvalue weighted by Crippen LogP contribution is -1.96. The Morgan fingerprint density at radius 3 is 2.73 bits per heavy atom. The van der Waals surface area contributed by atoms with Crippen LogP contribution in [0.1, 0.15) is 18.3 Å². The van der Waals surface area contributed by atoms with E-state index in [9.17, 15) is 0 Å². The Kier molecular flexibility index (Phi) is 3.05. The lowest BCUT2D eigenvalue weighted by atomic mass is 10.2. The summed E-state index contributed by atoms with van der Waals surface area (Å²) < 4.78 is 0. The van der Waals surface area contributed by atoms with Crippen molar-refractivity contribution in [2.45, 2.75) is 19.8 Å². The number of pyridine rings is 1. The highest BCUT2D eigenvalue weighted by Gasteiger charge is 1.93. The molecule has 2 heteroatoms. The number of aryl methyl sites for hydroxylation is 1. The summed E-state index contributed by atoms with van der Waals surface area (Å²) >= 11 is 0. The Morgan fingerprint density at radius 2 is 2.09 bits per heavy atom. The van der Waals surface area contributed by atoms with Gasteiger partial charge in [0, 0.05) is 24.4 Å². The predicted octanol–water partition coefficient (Wildman–Crippen LogP) is 1.18. The molecule has 0 aliphatic carbocycles. The Balaban J connectivity index is 2.74. The van der Waals surface area contributed by atoms with Gasteiger partial charge in [0.1, 0.15) is 0 Å². The van der Waals surface area contributed by atoms with Crippen molar-refractivity contribution in [2.24, 2.45) is 0 Å². The molecule has 0 saturated heterocycles. The highest BCUT2D eigenvalue weighted by atomic mass is 16.3. The molecular weight excluding hydrogens is 138 g/mol. The van der Waals surface area contributed by atoms with Crippen molar-refractivity contribution in [1.82, 2.24) is 4.98 Å². The molecule has 1 heterocycles. The summed E-state index contributed by atoms with van der Waals surface area (Å²) in [5.41, 5.74) is 2.07. The Morgan fingerprint density at radius 1 is 1.36 bits per heavy atom. The summed E-state index contributed by atoms with van der Waals surface area (Å²) in [5.74, 6) is 0. The van der Waals surface area contributed by atoms with Gasteiger partial charge in [0.15, 0.2) is 0 Å². The van der Waals surface area contributed by atoms with Crippen LogP contribution in [0.25, 0.3) is 0 Å². The first-order valence-electron chi connectivity index (χ1n) is 3.92. The van der Waals surface area contributed by atoms with Gasteiger partial charge in [0.2, 0.25) is 0 Å². The minimum absolute atomic E-state index is 0.181. The zero-order valence-corrected chi connectivity index (χ0v) is 6.75. The van der Waals surface area contributed by atoms with Crippen LogP contribution in [-0.4, -0.2) is 16.7 Å². The topological polar surface area (TPSA) is 33.1 Å². The molecule has 0 aliphatic rings. The highest BCUT2D eigenvalue weighted by Crippen LogP contribution is 2.00. The maximum atomic E-state index is 8.64. The van der Waals surface area contributed by atoms with Gasteiger partial charge in [0.05, 0.1) is 0 Å². The van der Waals surface area contributed by atoms with E-state index in [1.807, 2.05) is 18.2 Å². The summed E-state index contributed by atoms with van der Waals surface area (Å²) in [6, 6.07) is 5.92. The minimum atomic E-state index is 0.181. The third-order valence-electron chi connectivity index (χ3n) is 1.59. The average Bonchev–Trinajstić information content (AvgIpc) is 2.06. The molecule has 60 valence electrons. The van der Waals surface area contributed by atoms with Crippen LogP contribution < -0.4 is 0 Å². The molecule has 0 fully saturated rings. The zero-order valence-electron chi connectivity index (χ0n) is 6.75. The average molecular weight is 151 g/mol. The fourth-order valence-corrected chi connectivity index (χ4v) is 0.980. The van der Waals surface area contributed by atoms with E-state index in [-0.39, 0.29) is 6.61 Å². The van der Waals surface area contributed by atoms with Crippen LogP contribution in [0.2, 0.25) is 0 Å². The molecule has 0 radical (unpaired) electrons. The number of aliphatic hydroxyl groups excluding tert-OH is 1. The van der Waals surface area contributed by atoms with E-state index in [1.165, 1.54) is 0 Å². The maximum Gasteiger partial charge on any atom is 0.0486 e. The van der Waals surface area contributed by atoms with Crippen molar-refractivity contribution < 1.29 is 5.11 Å². The highest BCUT2D eigenvalue weighted by molar-refractivity contribution is 5.11. The summed E-state index contributed by atoms with van der Waals surface area (Å²) in [7, 11) is 0. The molecule has 0 aliphatic heterocycles. The fourth-order valence-electron chi connectivity index (χ4n) is 0.980. The number of aliphatic hydroxyl groups is 1. The first-order chi connectivity index (χ1) is 5.36. The molecule has 2 nitrogen and oxygen atoms in total. The van der Waals surface area contributed by atoms with E-state index in [2.05, 4.69) is 11.9 Å². The van der Waals surface area contributed by atoms with Crippen LogP contribution in [0.5, 0.6) is 0 Å². The second kappa shape index (κ2) is 4.09. The Hall–Kier alpha value is -0.890. The largest absolute Gasteiger partial charge is 0.396 e.